The minimum atomic E-state index is -1.14. The Morgan fingerprint density at radius 2 is 1.50 bits per heavy atom. The number of carbonyl (C=O) groups is 1. The molecular formula is C30H52O4. The fourth-order valence-corrected chi connectivity index (χ4v) is 10.3. The summed E-state index contributed by atoms with van der Waals surface area (Å²) >= 11 is 0. The van der Waals surface area contributed by atoms with Crippen LogP contribution in [-0.4, -0.2) is 38.4 Å². The Kier molecular flexibility index (Phi) is 6.28. The minimum Gasteiger partial charge on any atom is -0.390 e. The molecular weight excluding hydrogens is 424 g/mol. The highest BCUT2D eigenvalue weighted by Gasteiger charge is 2.69. The van der Waals surface area contributed by atoms with Crippen molar-refractivity contribution < 1.29 is 20.1 Å². The second kappa shape index (κ2) is 8.02. The van der Waals surface area contributed by atoms with Crippen LogP contribution in [0.2, 0.25) is 0 Å². The molecule has 0 aliphatic heterocycles. The van der Waals surface area contributed by atoms with Crippen molar-refractivity contribution in [1.29, 1.82) is 0 Å². The van der Waals surface area contributed by atoms with Gasteiger partial charge in [-0.25, -0.2) is 0 Å². The van der Waals surface area contributed by atoms with Crippen LogP contribution in [-0.2, 0) is 4.79 Å². The van der Waals surface area contributed by atoms with Gasteiger partial charge in [0, 0.05) is 11.8 Å². The third-order valence-corrected chi connectivity index (χ3v) is 12.7. The lowest BCUT2D eigenvalue weighted by Gasteiger charge is -2.69. The zero-order chi connectivity index (χ0) is 25.5. The van der Waals surface area contributed by atoms with Crippen LogP contribution in [0.1, 0.15) is 120 Å². The molecule has 4 heteroatoms. The monoisotopic (exact) mass is 476 g/mol. The molecule has 0 spiro atoms. The maximum Gasteiger partial charge on any atom is 0.138 e. The van der Waals surface area contributed by atoms with Gasteiger partial charge < -0.3 is 15.3 Å². The Balaban J connectivity index is 1.58. The number of fused-ring (bicyclic) bond motifs is 5. The Morgan fingerprint density at radius 3 is 2.12 bits per heavy atom. The molecule has 34 heavy (non-hydrogen) atoms. The summed E-state index contributed by atoms with van der Waals surface area (Å²) in [6.07, 6.45) is 8.76. The Morgan fingerprint density at radius 1 is 0.882 bits per heavy atom. The van der Waals surface area contributed by atoms with Crippen molar-refractivity contribution in [3.63, 3.8) is 0 Å². The summed E-state index contributed by atoms with van der Waals surface area (Å²) in [6, 6.07) is 0. The van der Waals surface area contributed by atoms with Crippen LogP contribution in [0.3, 0.4) is 0 Å². The number of aliphatic hydroxyl groups excluding tert-OH is 1. The smallest absolute Gasteiger partial charge is 0.138 e. The van der Waals surface area contributed by atoms with E-state index in [2.05, 4.69) is 34.6 Å². The third-order valence-electron chi connectivity index (χ3n) is 12.7. The van der Waals surface area contributed by atoms with Crippen LogP contribution < -0.4 is 0 Å². The van der Waals surface area contributed by atoms with Crippen molar-refractivity contribution in [2.24, 2.45) is 45.3 Å². The Labute approximate surface area is 208 Å². The summed E-state index contributed by atoms with van der Waals surface area (Å²) in [4.78, 5) is 12.9. The lowest BCUT2D eigenvalue weighted by molar-refractivity contribution is -0.207. The quantitative estimate of drug-likeness (QED) is 0.461. The van der Waals surface area contributed by atoms with E-state index in [4.69, 9.17) is 0 Å². The zero-order valence-electron chi connectivity index (χ0n) is 23.2. The Bertz CT molecular complexity index is 809. The molecule has 4 aliphatic carbocycles. The number of aliphatic hydroxyl groups is 3. The first-order valence-electron chi connectivity index (χ1n) is 14.1. The fraction of sp³-hybridized carbons (Fsp3) is 0.967. The first kappa shape index (κ1) is 26.6. The molecule has 4 nitrogen and oxygen atoms in total. The number of ketones is 1. The predicted octanol–water partition coefficient (Wildman–Crippen LogP) is 5.90. The summed E-state index contributed by atoms with van der Waals surface area (Å²) in [7, 11) is 0. The molecule has 4 saturated carbocycles. The molecule has 0 aromatic heterocycles. The minimum absolute atomic E-state index is 0.193. The van der Waals surface area contributed by atoms with E-state index in [9.17, 15) is 20.1 Å². The molecule has 196 valence electrons. The van der Waals surface area contributed by atoms with Crippen molar-refractivity contribution in [3.8, 4) is 0 Å². The molecule has 3 N–H and O–H groups in total. The van der Waals surface area contributed by atoms with Crippen LogP contribution in [0.5, 0.6) is 0 Å². The van der Waals surface area contributed by atoms with Gasteiger partial charge in [0.25, 0.3) is 0 Å². The van der Waals surface area contributed by atoms with E-state index >= 15 is 0 Å². The summed E-state index contributed by atoms with van der Waals surface area (Å²) in [5, 5.41) is 32.2. The van der Waals surface area contributed by atoms with E-state index in [1.54, 1.807) is 13.8 Å². The van der Waals surface area contributed by atoms with Crippen LogP contribution >= 0.6 is 0 Å². The second-order valence-electron chi connectivity index (χ2n) is 15.0. The van der Waals surface area contributed by atoms with Crippen molar-refractivity contribution in [1.82, 2.24) is 0 Å². The topological polar surface area (TPSA) is 77.8 Å². The average molecular weight is 477 g/mol. The molecule has 0 radical (unpaired) electrons. The summed E-state index contributed by atoms with van der Waals surface area (Å²) in [6.45, 7) is 17.3. The second-order valence-corrected chi connectivity index (χ2v) is 15.0. The molecule has 4 aliphatic rings. The van der Waals surface area contributed by atoms with Crippen LogP contribution in [0.25, 0.3) is 0 Å². The maximum absolute atomic E-state index is 12.9. The van der Waals surface area contributed by atoms with E-state index in [1.165, 1.54) is 12.8 Å². The van der Waals surface area contributed by atoms with E-state index in [0.29, 0.717) is 36.4 Å². The molecule has 0 aromatic carbocycles. The lowest BCUT2D eigenvalue weighted by Crippen LogP contribution is -2.63. The summed E-state index contributed by atoms with van der Waals surface area (Å²) in [5.41, 5.74) is -1.55. The molecule has 0 saturated heterocycles. The third kappa shape index (κ3) is 3.67. The molecule has 0 bridgehead atoms. The fourth-order valence-electron chi connectivity index (χ4n) is 10.3. The van der Waals surface area contributed by atoms with E-state index in [-0.39, 0.29) is 27.6 Å². The Hall–Kier alpha value is -0.450. The van der Waals surface area contributed by atoms with Crippen LogP contribution in [0.4, 0.5) is 0 Å². The van der Waals surface area contributed by atoms with Crippen molar-refractivity contribution >= 4 is 5.78 Å². The van der Waals surface area contributed by atoms with Crippen LogP contribution in [0, 0.1) is 45.3 Å². The molecule has 4 rings (SSSR count). The van der Waals surface area contributed by atoms with Gasteiger partial charge in [0.2, 0.25) is 0 Å². The highest BCUT2D eigenvalue weighted by molar-refractivity contribution is 5.85. The van der Waals surface area contributed by atoms with Crippen LogP contribution in [0.15, 0.2) is 0 Å². The first-order valence-corrected chi connectivity index (χ1v) is 14.1. The van der Waals surface area contributed by atoms with Crippen molar-refractivity contribution in [2.45, 2.75) is 137 Å². The summed E-state index contributed by atoms with van der Waals surface area (Å²) < 4.78 is 0. The standard InChI is InChI=1S/C30H52O4/c1-25(2)21-12-17-29(7)22(27(21,5)15-13-23(25)31)10-9-19-20(11-16-28(19,29)6)30(8,34)18-14-24(32)26(3,4)33/h19-22,24,32-34H,9-18H2,1-8H3/t19-,20+,21+,22-,24?,27+,28-,29-,30+/m1/s1. The highest BCUT2D eigenvalue weighted by Crippen LogP contribution is 2.75. The number of Topliss-reactive ketones (excluding diaryl/α,β-unsaturated/α-hetero) is 1. The van der Waals surface area contributed by atoms with Gasteiger partial charge in [0.1, 0.15) is 5.78 Å². The number of rotatable bonds is 5. The van der Waals surface area contributed by atoms with Gasteiger partial charge in [-0.3, -0.25) is 4.79 Å². The number of hydrogen-bond donors (Lipinski definition) is 3. The van der Waals surface area contributed by atoms with Gasteiger partial charge in [-0.05, 0) is 118 Å². The molecule has 0 aromatic rings. The predicted molar refractivity (Wildman–Crippen MR) is 136 cm³/mol. The molecule has 9 atom stereocenters. The molecule has 0 heterocycles. The summed E-state index contributed by atoms with van der Waals surface area (Å²) in [5.74, 6) is 2.29. The highest BCUT2D eigenvalue weighted by atomic mass is 16.3. The van der Waals surface area contributed by atoms with E-state index < -0.39 is 17.3 Å². The molecule has 0 amide bonds. The SMILES string of the molecule is CC(C)(O)C(O)CC[C@](C)(O)[C@H]1CC[C@]2(C)[C@@H]1CC[C@@H]1[C@@]3(C)CCC(=O)C(C)(C)[C@@H]3CC[C@]12C. The molecule has 1 unspecified atom stereocenters. The van der Waals surface area contributed by atoms with Crippen molar-refractivity contribution in [3.05, 3.63) is 0 Å². The van der Waals surface area contributed by atoms with Gasteiger partial charge in [-0.2, -0.15) is 0 Å². The van der Waals surface area contributed by atoms with E-state index in [0.717, 1.165) is 38.5 Å². The molecule has 4 fully saturated rings. The van der Waals surface area contributed by atoms with Gasteiger partial charge >= 0.3 is 0 Å². The lowest BCUT2D eigenvalue weighted by atomic mass is 9.35. The van der Waals surface area contributed by atoms with E-state index in [1.807, 2.05) is 6.92 Å². The van der Waals surface area contributed by atoms with Gasteiger partial charge in [-0.1, -0.05) is 34.6 Å². The number of carbonyl (C=O) groups excluding carboxylic acids is 1. The van der Waals surface area contributed by atoms with Crippen molar-refractivity contribution in [2.75, 3.05) is 0 Å². The first-order chi connectivity index (χ1) is 15.4. The van der Waals surface area contributed by atoms with Gasteiger partial charge in [0.05, 0.1) is 17.3 Å². The van der Waals surface area contributed by atoms with Gasteiger partial charge in [0.15, 0.2) is 0 Å². The zero-order valence-corrected chi connectivity index (χ0v) is 23.2. The average Bonchev–Trinajstić information content (AvgIpc) is 3.08. The number of hydrogen-bond acceptors (Lipinski definition) is 4. The largest absolute Gasteiger partial charge is 0.390 e. The normalized spacial score (nSPS) is 46.7. The maximum atomic E-state index is 12.9. The van der Waals surface area contributed by atoms with Gasteiger partial charge in [-0.15, -0.1) is 0 Å².